The summed E-state index contributed by atoms with van der Waals surface area (Å²) < 4.78 is 11.4. The second-order valence-electron chi connectivity index (χ2n) is 6.39. The van der Waals surface area contributed by atoms with Gasteiger partial charge in [0.2, 0.25) is 0 Å². The van der Waals surface area contributed by atoms with E-state index in [0.717, 1.165) is 22.4 Å². The molecule has 3 aromatic rings. The summed E-state index contributed by atoms with van der Waals surface area (Å²) in [5.41, 5.74) is 4.06. The Morgan fingerprint density at radius 3 is 2.61 bits per heavy atom. The maximum absolute atomic E-state index is 12.3. The van der Waals surface area contributed by atoms with Gasteiger partial charge in [-0.3, -0.25) is 4.79 Å². The molecule has 0 saturated heterocycles. The lowest BCUT2D eigenvalue weighted by molar-refractivity contribution is -0.110. The van der Waals surface area contributed by atoms with Gasteiger partial charge in [0.1, 0.15) is 6.61 Å². The van der Waals surface area contributed by atoms with Gasteiger partial charge in [-0.25, -0.2) is 0 Å². The summed E-state index contributed by atoms with van der Waals surface area (Å²) in [7, 11) is 1.60. The van der Waals surface area contributed by atoms with E-state index < -0.39 is 0 Å². The maximum Gasteiger partial charge on any atom is 0.256 e. The van der Waals surface area contributed by atoms with E-state index >= 15 is 0 Å². The molecule has 0 aromatic heterocycles. The lowest BCUT2D eigenvalue weighted by Crippen LogP contribution is -2.03. The van der Waals surface area contributed by atoms with Crippen molar-refractivity contribution in [2.75, 3.05) is 12.4 Å². The molecule has 28 heavy (non-hydrogen) atoms. The van der Waals surface area contributed by atoms with Crippen LogP contribution in [0.25, 0.3) is 11.6 Å². The fourth-order valence-electron chi connectivity index (χ4n) is 3.11. The predicted octanol–water partition coefficient (Wildman–Crippen LogP) is 5.42. The summed E-state index contributed by atoms with van der Waals surface area (Å²) in [4.78, 5) is 12.3. The van der Waals surface area contributed by atoms with Gasteiger partial charge in [-0.1, -0.05) is 54.1 Å². The molecule has 5 heteroatoms. The van der Waals surface area contributed by atoms with Gasteiger partial charge in [-0.15, -0.1) is 0 Å². The summed E-state index contributed by atoms with van der Waals surface area (Å²) in [6, 6.07) is 20.9. The molecule has 1 amide bonds. The zero-order valence-electron chi connectivity index (χ0n) is 15.2. The molecule has 0 aliphatic carbocycles. The van der Waals surface area contributed by atoms with Crippen LogP contribution < -0.4 is 14.8 Å². The molecule has 140 valence electrons. The van der Waals surface area contributed by atoms with Crippen LogP contribution in [0.2, 0.25) is 5.02 Å². The molecule has 1 N–H and O–H groups in total. The van der Waals surface area contributed by atoms with Gasteiger partial charge >= 0.3 is 0 Å². The van der Waals surface area contributed by atoms with Crippen molar-refractivity contribution in [3.05, 3.63) is 88.4 Å². The van der Waals surface area contributed by atoms with Gasteiger partial charge in [0.15, 0.2) is 11.5 Å². The van der Waals surface area contributed by atoms with Gasteiger partial charge in [0.05, 0.1) is 12.8 Å². The van der Waals surface area contributed by atoms with E-state index in [2.05, 4.69) is 5.32 Å². The Hall–Kier alpha value is -3.24. The highest BCUT2D eigenvalue weighted by molar-refractivity contribution is 6.36. The Labute approximate surface area is 168 Å². The predicted molar refractivity (Wildman–Crippen MR) is 112 cm³/mol. The van der Waals surface area contributed by atoms with Crippen LogP contribution in [0.3, 0.4) is 0 Å². The first-order chi connectivity index (χ1) is 13.6. The average Bonchev–Trinajstić information content (AvgIpc) is 3.01. The number of halogens is 1. The number of hydrogen-bond donors (Lipinski definition) is 1. The summed E-state index contributed by atoms with van der Waals surface area (Å²) >= 11 is 6.01. The first kappa shape index (κ1) is 18.1. The molecule has 0 fully saturated rings. The molecule has 1 aliphatic heterocycles. The van der Waals surface area contributed by atoms with Crippen molar-refractivity contribution in [1.29, 1.82) is 0 Å². The van der Waals surface area contributed by atoms with Crippen LogP contribution >= 0.6 is 11.6 Å². The van der Waals surface area contributed by atoms with Crippen LogP contribution in [0.1, 0.15) is 16.7 Å². The van der Waals surface area contributed by atoms with Gasteiger partial charge in [0, 0.05) is 16.2 Å². The zero-order valence-corrected chi connectivity index (χ0v) is 16.0. The molecule has 0 bridgehead atoms. The van der Waals surface area contributed by atoms with Crippen molar-refractivity contribution >= 4 is 34.8 Å². The number of rotatable bonds is 5. The summed E-state index contributed by atoms with van der Waals surface area (Å²) in [6.07, 6.45) is 1.83. The molecule has 0 spiro atoms. The van der Waals surface area contributed by atoms with Crippen molar-refractivity contribution < 1.29 is 14.3 Å². The highest BCUT2D eigenvalue weighted by Gasteiger charge is 2.24. The van der Waals surface area contributed by atoms with Crippen molar-refractivity contribution in [1.82, 2.24) is 0 Å². The van der Waals surface area contributed by atoms with E-state index in [0.29, 0.717) is 28.7 Å². The average molecular weight is 392 g/mol. The zero-order chi connectivity index (χ0) is 19.5. The number of carbonyl (C=O) groups excluding carboxylic acids is 1. The molecule has 4 rings (SSSR count). The lowest BCUT2D eigenvalue weighted by atomic mass is 10.0. The van der Waals surface area contributed by atoms with Gasteiger partial charge in [-0.2, -0.15) is 0 Å². The number of benzene rings is 3. The van der Waals surface area contributed by atoms with Crippen molar-refractivity contribution in [3.63, 3.8) is 0 Å². The van der Waals surface area contributed by atoms with E-state index in [-0.39, 0.29) is 5.91 Å². The summed E-state index contributed by atoms with van der Waals surface area (Å²) in [6.45, 7) is 0.453. The minimum Gasteiger partial charge on any atom is -0.493 e. The van der Waals surface area contributed by atoms with E-state index in [4.69, 9.17) is 21.1 Å². The quantitative estimate of drug-likeness (QED) is 0.591. The second-order valence-corrected chi connectivity index (χ2v) is 6.82. The van der Waals surface area contributed by atoms with Gasteiger partial charge in [0.25, 0.3) is 5.91 Å². The highest BCUT2D eigenvalue weighted by Crippen LogP contribution is 2.36. The van der Waals surface area contributed by atoms with E-state index in [1.54, 1.807) is 19.2 Å². The third-order valence-corrected chi connectivity index (χ3v) is 4.74. The first-order valence-corrected chi connectivity index (χ1v) is 9.19. The maximum atomic E-state index is 12.3. The summed E-state index contributed by atoms with van der Waals surface area (Å²) in [5, 5.41) is 3.42. The van der Waals surface area contributed by atoms with Crippen LogP contribution in [-0.2, 0) is 11.4 Å². The van der Waals surface area contributed by atoms with Crippen LogP contribution in [-0.4, -0.2) is 13.0 Å². The van der Waals surface area contributed by atoms with Crippen LogP contribution in [0.15, 0.2) is 66.7 Å². The lowest BCUT2D eigenvalue weighted by Gasteiger charge is -2.11. The topological polar surface area (TPSA) is 47.6 Å². The number of anilines is 1. The molecule has 0 radical (unpaired) electrons. The van der Waals surface area contributed by atoms with E-state index in [1.807, 2.05) is 60.7 Å². The number of hydrogen-bond acceptors (Lipinski definition) is 3. The highest BCUT2D eigenvalue weighted by atomic mass is 35.5. The number of nitrogens with one attached hydrogen (secondary N) is 1. The fourth-order valence-corrected chi connectivity index (χ4v) is 3.28. The molecular formula is C23H18ClNO3. The number of methoxy groups -OCH3 is 1. The number of carbonyl (C=O) groups is 1. The Kier molecular flexibility index (Phi) is 5.04. The third-order valence-electron chi connectivity index (χ3n) is 4.50. The largest absolute Gasteiger partial charge is 0.493 e. The molecule has 4 nitrogen and oxygen atoms in total. The number of ether oxygens (including phenoxy) is 2. The second kappa shape index (κ2) is 7.79. The first-order valence-electron chi connectivity index (χ1n) is 8.82. The standard InChI is InChI=1S/C23H18ClNO3/c1-27-22-12-16(7-10-21(22)28-14-15-5-3-2-4-6-15)11-19-18-9-8-17(24)13-20(18)25-23(19)26/h2-13H,14H2,1H3,(H,25,26)/b19-11+. The van der Waals surface area contributed by atoms with Crippen LogP contribution in [0.5, 0.6) is 11.5 Å². The van der Waals surface area contributed by atoms with Crippen molar-refractivity contribution in [3.8, 4) is 11.5 Å². The number of amides is 1. The van der Waals surface area contributed by atoms with Gasteiger partial charge < -0.3 is 14.8 Å². The minimum absolute atomic E-state index is 0.152. The Morgan fingerprint density at radius 2 is 1.82 bits per heavy atom. The fraction of sp³-hybridized carbons (Fsp3) is 0.0870. The number of fused-ring (bicyclic) bond motifs is 1. The minimum atomic E-state index is -0.152. The molecule has 1 heterocycles. The van der Waals surface area contributed by atoms with Crippen LogP contribution in [0, 0.1) is 0 Å². The van der Waals surface area contributed by atoms with Gasteiger partial charge in [-0.05, 0) is 41.5 Å². The molecule has 0 unspecified atom stereocenters. The normalized spacial score (nSPS) is 13.9. The molecule has 3 aromatic carbocycles. The molecule has 0 atom stereocenters. The SMILES string of the molecule is COc1cc(/C=C2/C(=O)Nc3cc(Cl)ccc32)ccc1OCc1ccccc1. The summed E-state index contributed by atoms with van der Waals surface area (Å²) in [5.74, 6) is 1.11. The smallest absolute Gasteiger partial charge is 0.256 e. The Bertz CT molecular complexity index is 1060. The van der Waals surface area contributed by atoms with Crippen molar-refractivity contribution in [2.24, 2.45) is 0 Å². The third kappa shape index (κ3) is 3.73. The molecule has 1 aliphatic rings. The van der Waals surface area contributed by atoms with E-state index in [9.17, 15) is 4.79 Å². The Morgan fingerprint density at radius 1 is 1.00 bits per heavy atom. The molecule has 0 saturated carbocycles. The Balaban J connectivity index is 1.60. The molecular weight excluding hydrogens is 374 g/mol. The van der Waals surface area contributed by atoms with Crippen LogP contribution in [0.4, 0.5) is 5.69 Å². The van der Waals surface area contributed by atoms with Crippen molar-refractivity contribution in [2.45, 2.75) is 6.61 Å². The van der Waals surface area contributed by atoms with E-state index in [1.165, 1.54) is 0 Å². The monoisotopic (exact) mass is 391 g/mol.